The highest BCUT2D eigenvalue weighted by atomic mass is 16.2. The zero-order valence-corrected chi connectivity index (χ0v) is 8.89. The summed E-state index contributed by atoms with van der Waals surface area (Å²) in [5, 5.41) is 14.9. The molecule has 1 aliphatic heterocycles. The van der Waals surface area contributed by atoms with E-state index in [0.717, 1.165) is 13.1 Å². The van der Waals surface area contributed by atoms with Crippen molar-refractivity contribution < 1.29 is 4.79 Å². The van der Waals surface area contributed by atoms with Gasteiger partial charge < -0.3 is 4.90 Å². The lowest BCUT2D eigenvalue weighted by Gasteiger charge is -2.33. The molecule has 16 heavy (non-hydrogen) atoms. The molecule has 6 heteroatoms. The van der Waals surface area contributed by atoms with E-state index in [1.165, 1.54) is 6.20 Å². The number of aromatic nitrogens is 2. The van der Waals surface area contributed by atoms with Gasteiger partial charge in [-0.25, -0.2) is 0 Å². The van der Waals surface area contributed by atoms with Crippen molar-refractivity contribution in [3.63, 3.8) is 0 Å². The Balaban J connectivity index is 1.90. The van der Waals surface area contributed by atoms with Crippen LogP contribution >= 0.6 is 0 Å². The topological polar surface area (TPSA) is 76.0 Å². The summed E-state index contributed by atoms with van der Waals surface area (Å²) >= 11 is 0. The SMILES string of the molecule is N#CCN1CCN(C(=O)c2cn[nH]c2)CC1. The molecule has 1 aromatic rings. The van der Waals surface area contributed by atoms with Crippen LogP contribution in [0.1, 0.15) is 10.4 Å². The molecule has 1 aromatic heterocycles. The van der Waals surface area contributed by atoms with E-state index < -0.39 is 0 Å². The van der Waals surface area contributed by atoms with Crippen LogP contribution in [0.25, 0.3) is 0 Å². The number of H-pyrrole nitrogens is 1. The molecule has 0 spiro atoms. The Morgan fingerprint density at radius 2 is 2.25 bits per heavy atom. The van der Waals surface area contributed by atoms with Gasteiger partial charge in [0.2, 0.25) is 0 Å². The number of amides is 1. The first kappa shape index (κ1) is 10.6. The van der Waals surface area contributed by atoms with Gasteiger partial charge in [-0.2, -0.15) is 10.4 Å². The predicted molar refractivity (Wildman–Crippen MR) is 56.5 cm³/mol. The minimum absolute atomic E-state index is 0.00496. The third-order valence-corrected chi connectivity index (χ3v) is 2.70. The molecule has 0 aliphatic carbocycles. The predicted octanol–water partition coefficient (Wildman–Crippen LogP) is -0.309. The van der Waals surface area contributed by atoms with Crippen LogP contribution in [0.2, 0.25) is 0 Å². The van der Waals surface area contributed by atoms with Crippen LogP contribution < -0.4 is 0 Å². The quantitative estimate of drug-likeness (QED) is 0.692. The van der Waals surface area contributed by atoms with Gasteiger partial charge in [0.05, 0.1) is 24.4 Å². The summed E-state index contributed by atoms with van der Waals surface area (Å²) in [6.07, 6.45) is 3.13. The molecule has 2 rings (SSSR count). The highest BCUT2D eigenvalue weighted by Gasteiger charge is 2.22. The molecule has 0 unspecified atom stereocenters. The second-order valence-corrected chi connectivity index (χ2v) is 3.71. The van der Waals surface area contributed by atoms with Crippen molar-refractivity contribution in [3.8, 4) is 6.07 Å². The Labute approximate surface area is 93.5 Å². The Hall–Kier alpha value is -1.87. The summed E-state index contributed by atoms with van der Waals surface area (Å²) in [6.45, 7) is 3.30. The number of rotatable bonds is 2. The van der Waals surface area contributed by atoms with E-state index in [-0.39, 0.29) is 5.91 Å². The molecule has 1 amide bonds. The third kappa shape index (κ3) is 2.20. The van der Waals surface area contributed by atoms with E-state index in [4.69, 9.17) is 5.26 Å². The molecule has 1 fully saturated rings. The van der Waals surface area contributed by atoms with Crippen molar-refractivity contribution in [1.29, 1.82) is 5.26 Å². The lowest BCUT2D eigenvalue weighted by atomic mass is 10.2. The molecule has 6 nitrogen and oxygen atoms in total. The van der Waals surface area contributed by atoms with E-state index in [1.54, 1.807) is 11.1 Å². The molecule has 1 aliphatic rings. The van der Waals surface area contributed by atoms with Gasteiger partial charge in [-0.1, -0.05) is 0 Å². The molecule has 0 aromatic carbocycles. The molecule has 0 atom stereocenters. The minimum Gasteiger partial charge on any atom is -0.336 e. The van der Waals surface area contributed by atoms with Gasteiger partial charge in [0.15, 0.2) is 0 Å². The lowest BCUT2D eigenvalue weighted by Crippen LogP contribution is -2.48. The molecular weight excluding hydrogens is 206 g/mol. The summed E-state index contributed by atoms with van der Waals surface area (Å²) in [7, 11) is 0. The van der Waals surface area contributed by atoms with Crippen molar-refractivity contribution in [3.05, 3.63) is 18.0 Å². The van der Waals surface area contributed by atoms with Gasteiger partial charge in [0, 0.05) is 32.4 Å². The molecule has 0 saturated carbocycles. The maximum Gasteiger partial charge on any atom is 0.257 e. The highest BCUT2D eigenvalue weighted by molar-refractivity contribution is 5.93. The van der Waals surface area contributed by atoms with Gasteiger partial charge in [0.1, 0.15) is 0 Å². The summed E-state index contributed by atoms with van der Waals surface area (Å²) in [5.41, 5.74) is 0.591. The Morgan fingerprint density at radius 1 is 1.50 bits per heavy atom. The fourth-order valence-corrected chi connectivity index (χ4v) is 1.76. The number of aromatic amines is 1. The summed E-state index contributed by atoms with van der Waals surface area (Å²) in [6, 6.07) is 2.12. The van der Waals surface area contributed by atoms with E-state index >= 15 is 0 Å². The average molecular weight is 219 g/mol. The first-order valence-corrected chi connectivity index (χ1v) is 5.18. The van der Waals surface area contributed by atoms with Crippen LogP contribution in [0.4, 0.5) is 0 Å². The molecule has 1 saturated heterocycles. The largest absolute Gasteiger partial charge is 0.336 e. The lowest BCUT2D eigenvalue weighted by molar-refractivity contribution is 0.0652. The van der Waals surface area contributed by atoms with Crippen LogP contribution in [-0.2, 0) is 0 Å². The van der Waals surface area contributed by atoms with Gasteiger partial charge in [-0.3, -0.25) is 14.8 Å². The summed E-state index contributed by atoms with van der Waals surface area (Å²) in [4.78, 5) is 15.7. The molecule has 84 valence electrons. The van der Waals surface area contributed by atoms with Crippen LogP contribution in [0, 0.1) is 11.3 Å². The number of nitrogens with one attached hydrogen (secondary N) is 1. The number of nitriles is 1. The van der Waals surface area contributed by atoms with Crippen LogP contribution in [0.3, 0.4) is 0 Å². The zero-order chi connectivity index (χ0) is 11.4. The number of carbonyl (C=O) groups is 1. The molecule has 0 bridgehead atoms. The van der Waals surface area contributed by atoms with Crippen molar-refractivity contribution >= 4 is 5.91 Å². The Bertz CT molecular complexity index is 386. The van der Waals surface area contributed by atoms with Gasteiger partial charge >= 0.3 is 0 Å². The average Bonchev–Trinajstić information content (AvgIpc) is 2.83. The third-order valence-electron chi connectivity index (χ3n) is 2.70. The summed E-state index contributed by atoms with van der Waals surface area (Å²) < 4.78 is 0. The number of nitrogens with zero attached hydrogens (tertiary/aromatic N) is 4. The Morgan fingerprint density at radius 3 is 2.81 bits per heavy atom. The number of piperazine rings is 1. The first-order chi connectivity index (χ1) is 7.81. The van der Waals surface area contributed by atoms with Crippen molar-refractivity contribution in [2.24, 2.45) is 0 Å². The van der Waals surface area contributed by atoms with Crippen molar-refractivity contribution in [2.45, 2.75) is 0 Å². The highest BCUT2D eigenvalue weighted by Crippen LogP contribution is 2.06. The fraction of sp³-hybridized carbons (Fsp3) is 0.500. The smallest absolute Gasteiger partial charge is 0.257 e. The Kier molecular flexibility index (Phi) is 3.17. The normalized spacial score (nSPS) is 17.1. The molecular formula is C10H13N5O. The van der Waals surface area contributed by atoms with E-state index in [2.05, 4.69) is 16.3 Å². The van der Waals surface area contributed by atoms with Gasteiger partial charge in [-0.05, 0) is 0 Å². The van der Waals surface area contributed by atoms with E-state index in [9.17, 15) is 4.79 Å². The minimum atomic E-state index is 0.00496. The van der Waals surface area contributed by atoms with E-state index in [1.807, 2.05) is 4.90 Å². The second kappa shape index (κ2) is 4.77. The first-order valence-electron chi connectivity index (χ1n) is 5.18. The van der Waals surface area contributed by atoms with Gasteiger partial charge in [-0.15, -0.1) is 0 Å². The fourth-order valence-electron chi connectivity index (χ4n) is 1.76. The van der Waals surface area contributed by atoms with Crippen LogP contribution in [-0.4, -0.2) is 58.6 Å². The molecule has 1 N–H and O–H groups in total. The molecule has 0 radical (unpaired) electrons. The second-order valence-electron chi connectivity index (χ2n) is 3.71. The number of hydrogen-bond acceptors (Lipinski definition) is 4. The maximum atomic E-state index is 11.9. The monoisotopic (exact) mass is 219 g/mol. The van der Waals surface area contributed by atoms with Crippen LogP contribution in [0.5, 0.6) is 0 Å². The van der Waals surface area contributed by atoms with Gasteiger partial charge in [0.25, 0.3) is 5.91 Å². The van der Waals surface area contributed by atoms with Crippen LogP contribution in [0.15, 0.2) is 12.4 Å². The zero-order valence-electron chi connectivity index (χ0n) is 8.89. The maximum absolute atomic E-state index is 11.9. The number of hydrogen-bond donors (Lipinski definition) is 1. The summed E-state index contributed by atoms with van der Waals surface area (Å²) in [5.74, 6) is 0.00496. The standard InChI is InChI=1S/C10H13N5O/c11-1-2-14-3-5-15(6-4-14)10(16)9-7-12-13-8-9/h7-8H,2-6H2,(H,12,13). The number of carbonyl (C=O) groups excluding carboxylic acids is 1. The van der Waals surface area contributed by atoms with E-state index in [0.29, 0.717) is 25.2 Å². The van der Waals surface area contributed by atoms with Crippen molar-refractivity contribution in [2.75, 3.05) is 32.7 Å². The molecule has 2 heterocycles. The van der Waals surface area contributed by atoms with Crippen molar-refractivity contribution in [1.82, 2.24) is 20.0 Å².